The van der Waals surface area contributed by atoms with Crippen LogP contribution in [-0.4, -0.2) is 26.8 Å². The van der Waals surface area contributed by atoms with Crippen LogP contribution in [0.1, 0.15) is 17.4 Å². The molecule has 4 aromatic rings. The highest BCUT2D eigenvalue weighted by Gasteiger charge is 2.26. The number of hydrogen-bond acceptors (Lipinski definition) is 5. The Kier molecular flexibility index (Phi) is 4.64. The van der Waals surface area contributed by atoms with Crippen LogP contribution in [0, 0.1) is 0 Å². The molecule has 0 fully saturated rings. The van der Waals surface area contributed by atoms with Crippen LogP contribution < -0.4 is 10.1 Å². The van der Waals surface area contributed by atoms with Gasteiger partial charge in [0, 0.05) is 35.7 Å². The summed E-state index contributed by atoms with van der Waals surface area (Å²) in [5.41, 5.74) is 4.14. The monoisotopic (exact) mass is 426 g/mol. The van der Waals surface area contributed by atoms with Crippen LogP contribution in [0.2, 0.25) is 10.0 Å². The van der Waals surface area contributed by atoms with E-state index in [1.54, 1.807) is 24.4 Å². The van der Waals surface area contributed by atoms with E-state index in [-0.39, 0.29) is 0 Å². The van der Waals surface area contributed by atoms with E-state index in [1.165, 1.54) is 0 Å². The van der Waals surface area contributed by atoms with Crippen molar-refractivity contribution >= 4 is 34.2 Å². The SMILES string of the molecule is OC1CNCc2nc3[nH]ncc3c(-c3cccc(Oc4ccc(Cl)c(Cl)c4)c3)c21. The Balaban J connectivity index is 1.62. The molecule has 1 atom stereocenters. The van der Waals surface area contributed by atoms with Crippen molar-refractivity contribution in [1.82, 2.24) is 20.5 Å². The number of β-amino-alcohol motifs (C(OH)–C–C–N with tert-alkyl or cyclic N) is 1. The number of nitrogens with zero attached hydrogens (tertiary/aromatic N) is 2. The molecule has 3 heterocycles. The fourth-order valence-electron chi connectivity index (χ4n) is 3.66. The van der Waals surface area contributed by atoms with Crippen molar-refractivity contribution in [2.24, 2.45) is 0 Å². The summed E-state index contributed by atoms with van der Waals surface area (Å²) in [7, 11) is 0. The number of benzene rings is 2. The zero-order chi connectivity index (χ0) is 20.0. The van der Waals surface area contributed by atoms with E-state index in [1.807, 2.05) is 24.3 Å². The molecule has 0 radical (unpaired) electrons. The standard InChI is InChI=1S/C21H16Cl2N4O2/c22-15-5-4-13(7-16(15)23)29-12-3-1-2-11(6-12)19-14-8-25-27-21(14)26-17-9-24-10-18(28)20(17)19/h1-8,18,24,28H,9-10H2,(H,25,26,27). The average molecular weight is 427 g/mol. The largest absolute Gasteiger partial charge is 0.457 e. The van der Waals surface area contributed by atoms with Gasteiger partial charge in [-0.15, -0.1) is 0 Å². The molecule has 0 saturated heterocycles. The van der Waals surface area contributed by atoms with E-state index in [9.17, 15) is 5.11 Å². The van der Waals surface area contributed by atoms with Crippen LogP contribution in [0.25, 0.3) is 22.2 Å². The third-order valence-corrected chi connectivity index (χ3v) is 5.67. The van der Waals surface area contributed by atoms with Gasteiger partial charge in [-0.05, 0) is 29.8 Å². The zero-order valence-electron chi connectivity index (χ0n) is 15.1. The molecule has 1 aliphatic rings. The second-order valence-electron chi connectivity index (χ2n) is 6.83. The number of fused-ring (bicyclic) bond motifs is 2. The van der Waals surface area contributed by atoms with E-state index < -0.39 is 6.10 Å². The van der Waals surface area contributed by atoms with E-state index in [0.29, 0.717) is 40.3 Å². The summed E-state index contributed by atoms with van der Waals surface area (Å²) in [5.74, 6) is 1.23. The third kappa shape index (κ3) is 3.34. The van der Waals surface area contributed by atoms with E-state index in [0.717, 1.165) is 27.8 Å². The summed E-state index contributed by atoms with van der Waals surface area (Å²) in [5, 5.41) is 22.7. The van der Waals surface area contributed by atoms with Gasteiger partial charge < -0.3 is 15.2 Å². The predicted octanol–water partition coefficient (Wildman–Crippen LogP) is 4.86. The Hall–Kier alpha value is -2.64. The molecule has 0 aliphatic carbocycles. The Morgan fingerprint density at radius 2 is 1.93 bits per heavy atom. The molecule has 0 bridgehead atoms. The van der Waals surface area contributed by atoms with Gasteiger partial charge >= 0.3 is 0 Å². The lowest BCUT2D eigenvalue weighted by molar-refractivity contribution is 0.165. The van der Waals surface area contributed by atoms with Gasteiger partial charge in [0.15, 0.2) is 5.65 Å². The molecule has 146 valence electrons. The van der Waals surface area contributed by atoms with Crippen molar-refractivity contribution in [3.05, 3.63) is 70.0 Å². The number of aromatic nitrogens is 3. The van der Waals surface area contributed by atoms with Crippen LogP contribution in [0.4, 0.5) is 0 Å². The number of H-pyrrole nitrogens is 1. The Morgan fingerprint density at radius 3 is 2.79 bits per heavy atom. The minimum absolute atomic E-state index is 0.430. The van der Waals surface area contributed by atoms with Gasteiger partial charge in [-0.25, -0.2) is 4.98 Å². The van der Waals surface area contributed by atoms with Gasteiger partial charge in [0.25, 0.3) is 0 Å². The number of pyridine rings is 1. The van der Waals surface area contributed by atoms with E-state index >= 15 is 0 Å². The number of rotatable bonds is 3. The molecule has 6 nitrogen and oxygen atoms in total. The lowest BCUT2D eigenvalue weighted by Crippen LogP contribution is -2.29. The molecular weight excluding hydrogens is 411 g/mol. The fraction of sp³-hybridized carbons (Fsp3) is 0.143. The minimum Gasteiger partial charge on any atom is -0.457 e. The lowest BCUT2D eigenvalue weighted by Gasteiger charge is -2.25. The Labute approximate surface area is 176 Å². The first-order valence-corrected chi connectivity index (χ1v) is 9.84. The summed E-state index contributed by atoms with van der Waals surface area (Å²) < 4.78 is 5.98. The van der Waals surface area contributed by atoms with Crippen molar-refractivity contribution in [3.8, 4) is 22.6 Å². The first-order chi connectivity index (χ1) is 14.1. The van der Waals surface area contributed by atoms with E-state index in [4.69, 9.17) is 27.9 Å². The number of aliphatic hydroxyl groups is 1. The Bertz CT molecular complexity index is 1220. The van der Waals surface area contributed by atoms with Crippen molar-refractivity contribution in [2.45, 2.75) is 12.6 Å². The molecule has 1 unspecified atom stereocenters. The third-order valence-electron chi connectivity index (χ3n) is 4.93. The number of aromatic amines is 1. The van der Waals surface area contributed by atoms with Crippen molar-refractivity contribution in [2.75, 3.05) is 6.54 Å². The van der Waals surface area contributed by atoms with Crippen molar-refractivity contribution in [3.63, 3.8) is 0 Å². The van der Waals surface area contributed by atoms with Crippen molar-refractivity contribution in [1.29, 1.82) is 0 Å². The van der Waals surface area contributed by atoms with E-state index in [2.05, 4.69) is 20.5 Å². The molecule has 2 aromatic carbocycles. The van der Waals surface area contributed by atoms with Gasteiger partial charge in [0.1, 0.15) is 11.5 Å². The molecular formula is C21H16Cl2N4O2. The average Bonchev–Trinajstić information content (AvgIpc) is 3.18. The summed E-state index contributed by atoms with van der Waals surface area (Å²) in [6, 6.07) is 12.8. The summed E-state index contributed by atoms with van der Waals surface area (Å²) in [6.07, 6.45) is 1.08. The van der Waals surface area contributed by atoms with Crippen LogP contribution in [0.5, 0.6) is 11.5 Å². The topological polar surface area (TPSA) is 83.1 Å². The van der Waals surface area contributed by atoms with Crippen LogP contribution in [-0.2, 0) is 6.54 Å². The van der Waals surface area contributed by atoms with Gasteiger partial charge in [0.05, 0.1) is 28.0 Å². The minimum atomic E-state index is -0.653. The van der Waals surface area contributed by atoms with Crippen LogP contribution in [0.15, 0.2) is 48.7 Å². The Morgan fingerprint density at radius 1 is 1.07 bits per heavy atom. The number of ether oxygens (including phenoxy) is 1. The smallest absolute Gasteiger partial charge is 0.156 e. The summed E-state index contributed by atoms with van der Waals surface area (Å²) in [4.78, 5) is 4.62. The highest BCUT2D eigenvalue weighted by Crippen LogP contribution is 2.39. The highest BCUT2D eigenvalue weighted by molar-refractivity contribution is 6.42. The summed E-state index contributed by atoms with van der Waals surface area (Å²) in [6.45, 7) is 1.07. The quantitative estimate of drug-likeness (QED) is 0.435. The molecule has 8 heteroatoms. The fourth-order valence-corrected chi connectivity index (χ4v) is 3.95. The maximum atomic E-state index is 10.7. The molecule has 0 amide bonds. The molecule has 0 saturated carbocycles. The normalized spacial score (nSPS) is 16.0. The van der Waals surface area contributed by atoms with Crippen LogP contribution >= 0.6 is 23.2 Å². The molecule has 3 N–H and O–H groups in total. The maximum Gasteiger partial charge on any atom is 0.156 e. The predicted molar refractivity (Wildman–Crippen MR) is 113 cm³/mol. The number of aliphatic hydroxyl groups excluding tert-OH is 1. The second-order valence-corrected chi connectivity index (χ2v) is 7.65. The van der Waals surface area contributed by atoms with Crippen LogP contribution in [0.3, 0.4) is 0 Å². The number of hydrogen-bond donors (Lipinski definition) is 3. The second kappa shape index (κ2) is 7.31. The molecule has 2 aromatic heterocycles. The highest BCUT2D eigenvalue weighted by atomic mass is 35.5. The number of halogens is 2. The molecule has 0 spiro atoms. The maximum absolute atomic E-state index is 10.7. The first-order valence-electron chi connectivity index (χ1n) is 9.08. The van der Waals surface area contributed by atoms with Gasteiger partial charge in [-0.3, -0.25) is 5.10 Å². The zero-order valence-corrected chi connectivity index (χ0v) is 16.6. The molecule has 29 heavy (non-hydrogen) atoms. The van der Waals surface area contributed by atoms with Gasteiger partial charge in [-0.1, -0.05) is 35.3 Å². The van der Waals surface area contributed by atoms with Gasteiger partial charge in [-0.2, -0.15) is 5.10 Å². The molecule has 1 aliphatic heterocycles. The van der Waals surface area contributed by atoms with Crippen molar-refractivity contribution < 1.29 is 9.84 Å². The van der Waals surface area contributed by atoms with Gasteiger partial charge in [0.2, 0.25) is 0 Å². The lowest BCUT2D eigenvalue weighted by atomic mass is 9.91. The summed E-state index contributed by atoms with van der Waals surface area (Å²) >= 11 is 12.1. The molecule has 5 rings (SSSR count). The number of nitrogens with one attached hydrogen (secondary N) is 2. The first kappa shape index (κ1) is 18.4.